The van der Waals surface area contributed by atoms with Crippen molar-refractivity contribution in [3.8, 4) is 0 Å². The summed E-state index contributed by atoms with van der Waals surface area (Å²) < 4.78 is 21.6. The third-order valence-electron chi connectivity index (χ3n) is 10.4. The van der Waals surface area contributed by atoms with E-state index in [1.807, 2.05) is 56.4 Å². The van der Waals surface area contributed by atoms with Gasteiger partial charge in [0.05, 0.1) is 17.3 Å². The summed E-state index contributed by atoms with van der Waals surface area (Å²) in [4.78, 5) is 15.2. The number of methoxy groups -OCH3 is 1. The summed E-state index contributed by atoms with van der Waals surface area (Å²) >= 11 is 0. The van der Waals surface area contributed by atoms with E-state index in [1.165, 1.54) is 38.8 Å². The first-order valence-corrected chi connectivity index (χ1v) is 16.8. The third kappa shape index (κ3) is 6.29. The van der Waals surface area contributed by atoms with Gasteiger partial charge in [-0.05, 0) is 78.3 Å². The van der Waals surface area contributed by atoms with E-state index in [2.05, 4.69) is 64.0 Å². The Hall–Kier alpha value is -3.40. The highest BCUT2D eigenvalue weighted by atomic mass is 16.7. The number of aromatic nitrogens is 2. The van der Waals surface area contributed by atoms with Crippen LogP contribution < -0.4 is 0 Å². The lowest BCUT2D eigenvalue weighted by Crippen LogP contribution is -2.53. The molecule has 3 fully saturated rings. The molecule has 7 rings (SSSR count). The summed E-state index contributed by atoms with van der Waals surface area (Å²) in [7, 11) is 3.95. The van der Waals surface area contributed by atoms with Crippen LogP contribution in [0.25, 0.3) is 10.9 Å². The molecule has 2 aromatic heterocycles. The summed E-state index contributed by atoms with van der Waals surface area (Å²) in [5.74, 6) is -0.0472. The third-order valence-corrected chi connectivity index (χ3v) is 10.4. The molecule has 3 aliphatic rings. The molecule has 4 aromatic rings. The monoisotopic (exact) mass is 621 g/mol. The van der Waals surface area contributed by atoms with Gasteiger partial charge in [0.1, 0.15) is 6.10 Å². The van der Waals surface area contributed by atoms with Crippen molar-refractivity contribution in [2.24, 2.45) is 4.99 Å². The van der Waals surface area contributed by atoms with Crippen LogP contribution in [0, 0.1) is 0 Å². The number of fused-ring (bicyclic) bond motifs is 1. The van der Waals surface area contributed by atoms with E-state index in [4.69, 9.17) is 24.2 Å². The van der Waals surface area contributed by atoms with Crippen LogP contribution in [0.3, 0.4) is 0 Å². The van der Waals surface area contributed by atoms with E-state index in [0.29, 0.717) is 11.4 Å². The SMILES string of the molecule is COC(C)(C)O[C@@H]1C[C@@H](CN2CCCC23CCN(C)CC3)O[C@H]1n1ccc2c(N=C(c3ccccc3)c3ccccc3)nccc21. The van der Waals surface area contributed by atoms with Crippen LogP contribution in [0.5, 0.6) is 0 Å². The first-order valence-electron chi connectivity index (χ1n) is 16.8. The van der Waals surface area contributed by atoms with E-state index in [0.717, 1.165) is 47.3 Å². The summed E-state index contributed by atoms with van der Waals surface area (Å²) in [6.07, 6.45) is 9.40. The van der Waals surface area contributed by atoms with Gasteiger partial charge in [0, 0.05) is 54.5 Å². The molecule has 0 N–H and O–H groups in total. The van der Waals surface area contributed by atoms with Gasteiger partial charge >= 0.3 is 0 Å². The van der Waals surface area contributed by atoms with Gasteiger partial charge in [0.15, 0.2) is 17.8 Å². The van der Waals surface area contributed by atoms with Gasteiger partial charge in [-0.3, -0.25) is 4.90 Å². The van der Waals surface area contributed by atoms with Crippen molar-refractivity contribution in [1.82, 2.24) is 19.4 Å². The highest BCUT2D eigenvalue weighted by Gasteiger charge is 2.46. The predicted octanol–water partition coefficient (Wildman–Crippen LogP) is 6.82. The molecule has 2 aromatic carbocycles. The second-order valence-electron chi connectivity index (χ2n) is 13.7. The lowest BCUT2D eigenvalue weighted by molar-refractivity contribution is -0.237. The molecule has 0 unspecified atom stereocenters. The normalized spacial score (nSPS) is 23.8. The Morgan fingerprint density at radius 2 is 1.65 bits per heavy atom. The molecule has 0 amide bonds. The van der Waals surface area contributed by atoms with Crippen LogP contribution >= 0.6 is 0 Å². The van der Waals surface area contributed by atoms with Crippen molar-refractivity contribution in [1.29, 1.82) is 0 Å². The zero-order valence-corrected chi connectivity index (χ0v) is 27.6. The lowest BCUT2D eigenvalue weighted by Gasteiger charge is -2.45. The van der Waals surface area contributed by atoms with E-state index >= 15 is 0 Å². The van der Waals surface area contributed by atoms with Crippen LogP contribution in [-0.2, 0) is 14.2 Å². The molecule has 3 saturated heterocycles. The molecule has 1 spiro atoms. The molecule has 0 aliphatic carbocycles. The zero-order chi connectivity index (χ0) is 31.7. The smallest absolute Gasteiger partial charge is 0.162 e. The largest absolute Gasteiger partial charge is 0.354 e. The van der Waals surface area contributed by atoms with Crippen molar-refractivity contribution in [3.05, 3.63) is 96.3 Å². The standard InChI is InChI=1S/C38H47N5O3/c1-37(2,44-4)46-33-26-30(27-42-22-11-18-38(42)19-24-41(3)25-20-38)45-36(33)43-23-17-31-32(43)16-21-39-35(31)40-34(28-12-7-5-8-13-28)29-14-9-6-10-15-29/h5-10,12-17,21,23,30,33,36H,11,18-20,22,24-27H2,1-4H3/t30-,33+,36+/m0/s1. The number of piperidine rings is 1. The number of hydrogen-bond acceptors (Lipinski definition) is 7. The van der Waals surface area contributed by atoms with E-state index in [1.54, 1.807) is 7.11 Å². The minimum absolute atomic E-state index is 0.0665. The minimum Gasteiger partial charge on any atom is -0.354 e. The molecular weight excluding hydrogens is 574 g/mol. The molecular formula is C38H47N5O3. The minimum atomic E-state index is -0.732. The lowest BCUT2D eigenvalue weighted by atomic mass is 9.85. The number of likely N-dealkylation sites (tertiary alicyclic amines) is 2. The van der Waals surface area contributed by atoms with Crippen LogP contribution in [0.1, 0.15) is 63.3 Å². The Labute approximate surface area is 273 Å². The number of benzene rings is 2. The van der Waals surface area contributed by atoms with Gasteiger partial charge in [-0.15, -0.1) is 0 Å². The van der Waals surface area contributed by atoms with E-state index < -0.39 is 5.79 Å². The first kappa shape index (κ1) is 31.2. The van der Waals surface area contributed by atoms with Crippen LogP contribution in [-0.4, -0.2) is 88.9 Å². The summed E-state index contributed by atoms with van der Waals surface area (Å²) in [5, 5.41) is 0.980. The highest BCUT2D eigenvalue weighted by Crippen LogP contribution is 2.42. The van der Waals surface area contributed by atoms with Crippen LogP contribution in [0.2, 0.25) is 0 Å². The topological polar surface area (TPSA) is 64.3 Å². The van der Waals surface area contributed by atoms with E-state index in [9.17, 15) is 0 Å². The number of hydrogen-bond donors (Lipinski definition) is 0. The van der Waals surface area contributed by atoms with E-state index in [-0.39, 0.29) is 18.4 Å². The molecule has 3 aliphatic heterocycles. The number of pyridine rings is 1. The molecule has 0 saturated carbocycles. The van der Waals surface area contributed by atoms with Gasteiger partial charge in [0.2, 0.25) is 0 Å². The fraction of sp³-hybridized carbons (Fsp3) is 0.474. The summed E-state index contributed by atoms with van der Waals surface area (Å²) in [6, 6.07) is 24.8. The molecule has 5 heterocycles. The number of ether oxygens (including phenoxy) is 3. The summed E-state index contributed by atoms with van der Waals surface area (Å²) in [5.41, 5.74) is 4.32. The predicted molar refractivity (Wildman–Crippen MR) is 183 cm³/mol. The molecule has 46 heavy (non-hydrogen) atoms. The average molecular weight is 622 g/mol. The molecule has 0 bridgehead atoms. The Morgan fingerprint density at radius 1 is 0.957 bits per heavy atom. The zero-order valence-electron chi connectivity index (χ0n) is 27.6. The van der Waals surface area contributed by atoms with Crippen molar-refractivity contribution < 1.29 is 14.2 Å². The average Bonchev–Trinajstić information content (AvgIpc) is 3.79. The van der Waals surface area contributed by atoms with Gasteiger partial charge in [-0.2, -0.15) is 0 Å². The quantitative estimate of drug-likeness (QED) is 0.151. The Balaban J connectivity index is 1.21. The second-order valence-corrected chi connectivity index (χ2v) is 13.7. The van der Waals surface area contributed by atoms with Crippen molar-refractivity contribution in [2.75, 3.05) is 40.3 Å². The molecule has 8 heteroatoms. The van der Waals surface area contributed by atoms with Crippen molar-refractivity contribution in [3.63, 3.8) is 0 Å². The number of rotatable bonds is 9. The van der Waals surface area contributed by atoms with Gasteiger partial charge in [-0.25, -0.2) is 9.98 Å². The Morgan fingerprint density at radius 3 is 2.33 bits per heavy atom. The molecule has 242 valence electrons. The number of aliphatic imine (C=N–C) groups is 1. The fourth-order valence-corrected chi connectivity index (χ4v) is 7.70. The molecule has 3 atom stereocenters. The maximum Gasteiger partial charge on any atom is 0.162 e. The van der Waals surface area contributed by atoms with Crippen molar-refractivity contribution >= 4 is 22.4 Å². The number of nitrogens with zero attached hydrogens (tertiary/aromatic N) is 5. The second kappa shape index (κ2) is 13.0. The Kier molecular flexibility index (Phi) is 8.83. The van der Waals surface area contributed by atoms with Crippen LogP contribution in [0.4, 0.5) is 5.82 Å². The van der Waals surface area contributed by atoms with Crippen LogP contribution in [0.15, 0.2) is 90.2 Å². The van der Waals surface area contributed by atoms with Crippen molar-refractivity contribution in [2.45, 2.75) is 75.7 Å². The summed E-state index contributed by atoms with van der Waals surface area (Å²) in [6.45, 7) is 8.37. The first-order chi connectivity index (χ1) is 22.3. The Bertz CT molecular complexity index is 1600. The van der Waals surface area contributed by atoms with Gasteiger partial charge in [-0.1, -0.05) is 60.7 Å². The maximum absolute atomic E-state index is 6.97. The molecule has 0 radical (unpaired) electrons. The fourth-order valence-electron chi connectivity index (χ4n) is 7.70. The van der Waals surface area contributed by atoms with Gasteiger partial charge < -0.3 is 23.7 Å². The maximum atomic E-state index is 6.97. The highest BCUT2D eigenvalue weighted by molar-refractivity contribution is 6.14. The van der Waals surface area contributed by atoms with Gasteiger partial charge in [0.25, 0.3) is 0 Å². The molecule has 8 nitrogen and oxygen atoms in total.